The quantitative estimate of drug-likeness (QED) is 0.530. The van der Waals surface area contributed by atoms with E-state index < -0.39 is 0 Å². The Balaban J connectivity index is 1.95. The molecular formula is C7H13NO. The van der Waals surface area contributed by atoms with Crippen molar-refractivity contribution in [2.24, 2.45) is 11.1 Å². The number of hydrogen-bond acceptors (Lipinski definition) is 2. The average Bonchev–Trinajstić information content (AvgIpc) is 2.46. The highest BCUT2D eigenvalue weighted by Crippen LogP contribution is 2.63. The predicted molar refractivity (Wildman–Crippen MR) is 34.9 cm³/mol. The highest BCUT2D eigenvalue weighted by atomic mass is 16.3. The number of hydrogen-bond donors (Lipinski definition) is 2. The third kappa shape index (κ3) is 0.700. The summed E-state index contributed by atoms with van der Waals surface area (Å²) in [7, 11) is 0. The Morgan fingerprint density at radius 1 is 1.33 bits per heavy atom. The molecule has 0 heterocycles. The molecular weight excluding hydrogens is 114 g/mol. The first-order chi connectivity index (χ1) is 4.18. The van der Waals surface area contributed by atoms with Crippen LogP contribution in [0.5, 0.6) is 0 Å². The molecule has 2 aliphatic rings. The predicted octanol–water partition coefficient (Wildman–Crippen LogP) is 0.250. The maximum atomic E-state index is 8.78. The Labute approximate surface area is 55.1 Å². The summed E-state index contributed by atoms with van der Waals surface area (Å²) in [4.78, 5) is 0. The van der Waals surface area contributed by atoms with Gasteiger partial charge in [0.05, 0.1) is 6.61 Å². The van der Waals surface area contributed by atoms with E-state index in [1.54, 1.807) is 0 Å². The second-order valence-corrected chi connectivity index (χ2v) is 3.87. The summed E-state index contributed by atoms with van der Waals surface area (Å²) in [5.74, 6) is 0. The van der Waals surface area contributed by atoms with E-state index in [0.717, 1.165) is 12.8 Å². The largest absolute Gasteiger partial charge is 0.394 e. The maximum Gasteiger partial charge on any atom is 0.0611 e. The summed E-state index contributed by atoms with van der Waals surface area (Å²) in [5.41, 5.74) is 6.21. The van der Waals surface area contributed by atoms with Crippen molar-refractivity contribution in [1.82, 2.24) is 0 Å². The second-order valence-electron chi connectivity index (χ2n) is 3.87. The first-order valence-electron chi connectivity index (χ1n) is 3.58. The summed E-state index contributed by atoms with van der Waals surface area (Å²) in [6, 6.07) is 0. The van der Waals surface area contributed by atoms with Gasteiger partial charge in [0.1, 0.15) is 0 Å². The van der Waals surface area contributed by atoms with Gasteiger partial charge in [0.25, 0.3) is 0 Å². The Hall–Kier alpha value is -0.0800. The third-order valence-electron chi connectivity index (χ3n) is 2.73. The van der Waals surface area contributed by atoms with Crippen molar-refractivity contribution in [2.45, 2.75) is 31.2 Å². The summed E-state index contributed by atoms with van der Waals surface area (Å²) >= 11 is 0. The molecule has 0 aliphatic heterocycles. The summed E-state index contributed by atoms with van der Waals surface area (Å²) in [6.07, 6.45) is 4.84. The van der Waals surface area contributed by atoms with Crippen LogP contribution in [0.1, 0.15) is 25.7 Å². The first-order valence-corrected chi connectivity index (χ1v) is 3.58. The molecule has 0 bridgehead atoms. The topological polar surface area (TPSA) is 46.2 Å². The minimum atomic E-state index is -0.184. The minimum absolute atomic E-state index is 0.175. The fourth-order valence-electron chi connectivity index (χ4n) is 2.08. The maximum absolute atomic E-state index is 8.78. The van der Waals surface area contributed by atoms with E-state index in [0.29, 0.717) is 5.41 Å². The number of aliphatic hydroxyl groups is 1. The van der Waals surface area contributed by atoms with Gasteiger partial charge >= 0.3 is 0 Å². The second kappa shape index (κ2) is 1.32. The zero-order chi connectivity index (χ0) is 6.54. The minimum Gasteiger partial charge on any atom is -0.394 e. The van der Waals surface area contributed by atoms with Crippen LogP contribution in [0, 0.1) is 5.41 Å². The van der Waals surface area contributed by atoms with E-state index in [2.05, 4.69) is 0 Å². The smallest absolute Gasteiger partial charge is 0.0611 e. The molecule has 0 saturated heterocycles. The van der Waals surface area contributed by atoms with Gasteiger partial charge in [-0.15, -0.1) is 0 Å². The molecule has 0 aromatic heterocycles. The van der Waals surface area contributed by atoms with Crippen molar-refractivity contribution >= 4 is 0 Å². The zero-order valence-corrected chi connectivity index (χ0v) is 5.56. The normalized spacial score (nSPS) is 34.0. The van der Waals surface area contributed by atoms with Crippen LogP contribution in [0.15, 0.2) is 0 Å². The van der Waals surface area contributed by atoms with E-state index >= 15 is 0 Å². The van der Waals surface area contributed by atoms with E-state index in [-0.39, 0.29) is 12.1 Å². The third-order valence-corrected chi connectivity index (χ3v) is 2.73. The van der Waals surface area contributed by atoms with Crippen LogP contribution >= 0.6 is 0 Å². The average molecular weight is 127 g/mol. The molecule has 52 valence electrons. The summed E-state index contributed by atoms with van der Waals surface area (Å²) in [6.45, 7) is 0.175. The van der Waals surface area contributed by atoms with Gasteiger partial charge < -0.3 is 10.8 Å². The molecule has 2 heteroatoms. The lowest BCUT2D eigenvalue weighted by Gasteiger charge is -2.44. The van der Waals surface area contributed by atoms with Gasteiger partial charge in [0.2, 0.25) is 0 Å². The van der Waals surface area contributed by atoms with Crippen molar-refractivity contribution in [3.05, 3.63) is 0 Å². The van der Waals surface area contributed by atoms with E-state index in [9.17, 15) is 0 Å². The molecule has 2 nitrogen and oxygen atoms in total. The van der Waals surface area contributed by atoms with Gasteiger partial charge in [-0.3, -0.25) is 0 Å². The number of rotatable bonds is 1. The van der Waals surface area contributed by atoms with Crippen LogP contribution < -0.4 is 5.73 Å². The van der Waals surface area contributed by atoms with Gasteiger partial charge in [-0.2, -0.15) is 0 Å². The molecule has 1 spiro atoms. The Morgan fingerprint density at radius 3 is 2.22 bits per heavy atom. The molecule has 0 aromatic rings. The molecule has 0 unspecified atom stereocenters. The molecule has 0 atom stereocenters. The van der Waals surface area contributed by atoms with Gasteiger partial charge in [-0.1, -0.05) is 0 Å². The monoisotopic (exact) mass is 127 g/mol. The van der Waals surface area contributed by atoms with Crippen molar-refractivity contribution in [2.75, 3.05) is 6.61 Å². The van der Waals surface area contributed by atoms with E-state index in [1.165, 1.54) is 12.8 Å². The molecule has 9 heavy (non-hydrogen) atoms. The van der Waals surface area contributed by atoms with Crippen LogP contribution in [0.2, 0.25) is 0 Å². The summed E-state index contributed by atoms with van der Waals surface area (Å²) < 4.78 is 0. The zero-order valence-electron chi connectivity index (χ0n) is 5.56. The Morgan fingerprint density at radius 2 is 1.89 bits per heavy atom. The molecule has 2 fully saturated rings. The van der Waals surface area contributed by atoms with Crippen LogP contribution in [-0.4, -0.2) is 17.3 Å². The lowest BCUT2D eigenvalue weighted by Crippen LogP contribution is -2.55. The van der Waals surface area contributed by atoms with Crippen molar-refractivity contribution < 1.29 is 5.11 Å². The van der Waals surface area contributed by atoms with E-state index in [1.807, 2.05) is 0 Å². The fourth-order valence-corrected chi connectivity index (χ4v) is 2.08. The summed E-state index contributed by atoms with van der Waals surface area (Å²) in [5, 5.41) is 8.78. The highest BCUT2D eigenvalue weighted by Gasteiger charge is 2.58. The first kappa shape index (κ1) is 5.69. The fraction of sp³-hybridized carbons (Fsp3) is 1.00. The van der Waals surface area contributed by atoms with Crippen molar-refractivity contribution in [1.29, 1.82) is 0 Å². The molecule has 0 amide bonds. The molecule has 2 saturated carbocycles. The van der Waals surface area contributed by atoms with Crippen LogP contribution in [-0.2, 0) is 0 Å². The highest BCUT2D eigenvalue weighted by molar-refractivity contribution is 5.13. The molecule has 2 rings (SSSR count). The Kier molecular flexibility index (Phi) is 0.837. The molecule has 3 N–H and O–H groups in total. The van der Waals surface area contributed by atoms with Crippen LogP contribution in [0.25, 0.3) is 0 Å². The lowest BCUT2D eigenvalue weighted by atomic mass is 9.67. The van der Waals surface area contributed by atoms with Crippen molar-refractivity contribution in [3.8, 4) is 0 Å². The SMILES string of the molecule is NC1(CO)CC2(CC2)C1. The molecule has 0 radical (unpaired) electrons. The Bertz CT molecular complexity index is 132. The van der Waals surface area contributed by atoms with Gasteiger partial charge in [-0.25, -0.2) is 0 Å². The van der Waals surface area contributed by atoms with Gasteiger partial charge in [0, 0.05) is 5.54 Å². The molecule has 2 aliphatic carbocycles. The van der Waals surface area contributed by atoms with Gasteiger partial charge in [0.15, 0.2) is 0 Å². The number of aliphatic hydroxyl groups excluding tert-OH is 1. The molecule has 0 aromatic carbocycles. The lowest BCUT2D eigenvalue weighted by molar-refractivity contribution is 0.0584. The number of nitrogens with two attached hydrogens (primary N) is 1. The van der Waals surface area contributed by atoms with E-state index in [4.69, 9.17) is 10.8 Å². The van der Waals surface area contributed by atoms with Gasteiger partial charge in [-0.05, 0) is 31.1 Å². The van der Waals surface area contributed by atoms with Crippen LogP contribution in [0.4, 0.5) is 0 Å². The standard InChI is InChI=1S/C7H13NO/c8-7(5-9)3-6(4-7)1-2-6/h9H,1-5,8H2. The van der Waals surface area contributed by atoms with Crippen molar-refractivity contribution in [3.63, 3.8) is 0 Å². The van der Waals surface area contributed by atoms with Crippen LogP contribution in [0.3, 0.4) is 0 Å².